The minimum Gasteiger partial charge on any atom is -0.373 e. The monoisotopic (exact) mass is 382 g/mol. The number of rotatable bonds is 7. The van der Waals surface area contributed by atoms with Crippen LogP contribution in [0.1, 0.15) is 30.9 Å². The number of aliphatic imine (C=N–C) groups is 1. The van der Waals surface area contributed by atoms with E-state index in [1.807, 2.05) is 19.1 Å². The molecule has 0 aromatic heterocycles. The van der Waals surface area contributed by atoms with Crippen LogP contribution >= 0.6 is 0 Å². The van der Waals surface area contributed by atoms with Gasteiger partial charge in [-0.2, -0.15) is 0 Å². The van der Waals surface area contributed by atoms with Crippen molar-refractivity contribution in [2.45, 2.75) is 44.1 Å². The lowest BCUT2D eigenvalue weighted by molar-refractivity contribution is 0.0243. The van der Waals surface area contributed by atoms with Crippen LogP contribution in [-0.4, -0.2) is 53.3 Å². The van der Waals surface area contributed by atoms with Gasteiger partial charge >= 0.3 is 0 Å². The van der Waals surface area contributed by atoms with Gasteiger partial charge in [-0.3, -0.25) is 4.99 Å². The van der Waals surface area contributed by atoms with Crippen molar-refractivity contribution < 1.29 is 13.2 Å². The van der Waals surface area contributed by atoms with Gasteiger partial charge in [-0.1, -0.05) is 12.1 Å². The number of sulfonamides is 1. The number of hydrogen-bond acceptors (Lipinski definition) is 4. The van der Waals surface area contributed by atoms with Crippen LogP contribution in [0.5, 0.6) is 0 Å². The van der Waals surface area contributed by atoms with Crippen molar-refractivity contribution in [2.75, 3.05) is 33.3 Å². The van der Waals surface area contributed by atoms with E-state index in [4.69, 9.17) is 4.74 Å². The highest BCUT2D eigenvalue weighted by molar-refractivity contribution is 7.89. The molecule has 1 unspecified atom stereocenters. The molecule has 1 heterocycles. The van der Waals surface area contributed by atoms with Gasteiger partial charge < -0.3 is 15.4 Å². The van der Waals surface area contributed by atoms with E-state index >= 15 is 0 Å². The lowest BCUT2D eigenvalue weighted by atomic mass is 10.0. The van der Waals surface area contributed by atoms with Gasteiger partial charge in [0, 0.05) is 33.3 Å². The van der Waals surface area contributed by atoms with Crippen LogP contribution in [-0.2, 0) is 14.8 Å². The first kappa shape index (κ1) is 20.7. The topological polar surface area (TPSA) is 91.8 Å². The quantitative estimate of drug-likeness (QED) is 0.376. The number of hydrogen-bond donors (Lipinski definition) is 3. The average Bonchev–Trinajstić information content (AvgIpc) is 3.03. The molecular weight excluding hydrogens is 352 g/mol. The standard InChI is InChI=1S/C18H30N4O3S/c1-14-6-7-15(2)16(12-14)26(23,24)22-10-9-20-17(19-4)21-13-18(3)8-5-11-25-18/h6-7,12,22H,5,8-11,13H2,1-4H3,(H2,19,20,21). The smallest absolute Gasteiger partial charge is 0.240 e. The van der Waals surface area contributed by atoms with E-state index in [2.05, 4.69) is 27.3 Å². The number of aryl methyl sites for hydroxylation is 2. The summed E-state index contributed by atoms with van der Waals surface area (Å²) < 4.78 is 33.3. The van der Waals surface area contributed by atoms with Crippen LogP contribution in [0.3, 0.4) is 0 Å². The molecule has 0 spiro atoms. The first-order valence-corrected chi connectivity index (χ1v) is 10.4. The first-order chi connectivity index (χ1) is 12.3. The molecule has 0 saturated carbocycles. The molecule has 1 atom stereocenters. The summed E-state index contributed by atoms with van der Waals surface area (Å²) in [5, 5.41) is 6.35. The Morgan fingerprint density at radius 3 is 2.69 bits per heavy atom. The molecule has 0 bridgehead atoms. The number of benzene rings is 1. The zero-order valence-corrected chi connectivity index (χ0v) is 16.9. The van der Waals surface area contributed by atoms with Gasteiger partial charge in [-0.15, -0.1) is 0 Å². The van der Waals surface area contributed by atoms with Gasteiger partial charge in [0.1, 0.15) is 0 Å². The zero-order valence-electron chi connectivity index (χ0n) is 16.1. The third kappa shape index (κ3) is 5.69. The Hall–Kier alpha value is -1.64. The second-order valence-electron chi connectivity index (χ2n) is 6.92. The Bertz CT molecular complexity index is 741. The van der Waals surface area contributed by atoms with Gasteiger partial charge in [0.15, 0.2) is 5.96 Å². The molecule has 1 aliphatic rings. The number of nitrogens with zero attached hydrogens (tertiary/aromatic N) is 1. The number of ether oxygens (including phenoxy) is 1. The average molecular weight is 383 g/mol. The Morgan fingerprint density at radius 2 is 2.04 bits per heavy atom. The summed E-state index contributed by atoms with van der Waals surface area (Å²) in [5.41, 5.74) is 1.49. The second-order valence-corrected chi connectivity index (χ2v) is 8.66. The predicted octanol–water partition coefficient (Wildman–Crippen LogP) is 1.32. The number of nitrogens with one attached hydrogen (secondary N) is 3. The van der Waals surface area contributed by atoms with Gasteiger partial charge in [-0.05, 0) is 50.8 Å². The molecule has 1 aromatic carbocycles. The van der Waals surface area contributed by atoms with E-state index in [-0.39, 0.29) is 12.1 Å². The summed E-state index contributed by atoms with van der Waals surface area (Å²) in [7, 11) is -1.84. The summed E-state index contributed by atoms with van der Waals surface area (Å²) in [6.07, 6.45) is 2.09. The SMILES string of the molecule is CN=C(NCCNS(=O)(=O)c1cc(C)ccc1C)NCC1(C)CCCO1. The van der Waals surface area contributed by atoms with E-state index in [0.717, 1.165) is 30.6 Å². The molecule has 26 heavy (non-hydrogen) atoms. The minimum atomic E-state index is -3.52. The lowest BCUT2D eigenvalue weighted by Crippen LogP contribution is -2.47. The van der Waals surface area contributed by atoms with Crippen molar-refractivity contribution >= 4 is 16.0 Å². The molecular formula is C18H30N4O3S. The molecule has 1 fully saturated rings. The van der Waals surface area contributed by atoms with Gasteiger partial charge in [0.2, 0.25) is 10.0 Å². The first-order valence-electron chi connectivity index (χ1n) is 8.91. The zero-order chi connectivity index (χ0) is 19.2. The molecule has 1 saturated heterocycles. The maximum absolute atomic E-state index is 12.5. The van der Waals surface area contributed by atoms with Crippen LogP contribution < -0.4 is 15.4 Å². The molecule has 8 heteroatoms. The van der Waals surface area contributed by atoms with Crippen molar-refractivity contribution in [2.24, 2.45) is 4.99 Å². The van der Waals surface area contributed by atoms with Crippen LogP contribution in [0.25, 0.3) is 0 Å². The third-order valence-corrected chi connectivity index (χ3v) is 6.10. The van der Waals surface area contributed by atoms with Crippen molar-refractivity contribution in [1.82, 2.24) is 15.4 Å². The van der Waals surface area contributed by atoms with E-state index in [9.17, 15) is 8.42 Å². The molecule has 1 aliphatic heterocycles. The molecule has 0 amide bonds. The van der Waals surface area contributed by atoms with Crippen molar-refractivity contribution in [3.63, 3.8) is 0 Å². The minimum absolute atomic E-state index is 0.165. The Morgan fingerprint density at radius 1 is 1.27 bits per heavy atom. The maximum Gasteiger partial charge on any atom is 0.240 e. The predicted molar refractivity (Wildman–Crippen MR) is 104 cm³/mol. The van der Waals surface area contributed by atoms with E-state index in [1.54, 1.807) is 20.0 Å². The van der Waals surface area contributed by atoms with E-state index in [1.165, 1.54) is 0 Å². The van der Waals surface area contributed by atoms with E-state index < -0.39 is 10.0 Å². The fourth-order valence-electron chi connectivity index (χ4n) is 2.91. The summed E-state index contributed by atoms with van der Waals surface area (Å²) in [6.45, 7) is 7.92. The van der Waals surface area contributed by atoms with Crippen molar-refractivity contribution in [3.05, 3.63) is 29.3 Å². The molecule has 1 aromatic rings. The van der Waals surface area contributed by atoms with Gasteiger partial charge in [0.05, 0.1) is 10.5 Å². The molecule has 0 aliphatic carbocycles. The van der Waals surface area contributed by atoms with Crippen molar-refractivity contribution in [1.29, 1.82) is 0 Å². The summed E-state index contributed by atoms with van der Waals surface area (Å²) in [4.78, 5) is 4.48. The second kappa shape index (κ2) is 8.83. The van der Waals surface area contributed by atoms with Crippen LogP contribution in [0.15, 0.2) is 28.1 Å². The molecule has 2 rings (SSSR count). The highest BCUT2D eigenvalue weighted by Crippen LogP contribution is 2.23. The Balaban J connectivity index is 1.80. The van der Waals surface area contributed by atoms with Gasteiger partial charge in [-0.25, -0.2) is 13.1 Å². The molecule has 3 N–H and O–H groups in total. The normalized spacial score (nSPS) is 21.0. The molecule has 7 nitrogen and oxygen atoms in total. The summed E-state index contributed by atoms with van der Waals surface area (Å²) in [6, 6.07) is 5.41. The Kier molecular flexibility index (Phi) is 7.02. The molecule has 0 radical (unpaired) electrons. The summed E-state index contributed by atoms with van der Waals surface area (Å²) in [5.74, 6) is 0.632. The third-order valence-electron chi connectivity index (χ3n) is 4.50. The van der Waals surface area contributed by atoms with Crippen LogP contribution in [0, 0.1) is 13.8 Å². The fourth-order valence-corrected chi connectivity index (χ4v) is 4.27. The van der Waals surface area contributed by atoms with Crippen molar-refractivity contribution in [3.8, 4) is 0 Å². The fraction of sp³-hybridized carbons (Fsp3) is 0.611. The van der Waals surface area contributed by atoms with Crippen LogP contribution in [0.2, 0.25) is 0 Å². The lowest BCUT2D eigenvalue weighted by Gasteiger charge is -2.24. The summed E-state index contributed by atoms with van der Waals surface area (Å²) >= 11 is 0. The Labute approximate surface area is 156 Å². The number of guanidine groups is 1. The van der Waals surface area contributed by atoms with E-state index in [0.29, 0.717) is 23.9 Å². The highest BCUT2D eigenvalue weighted by atomic mass is 32.2. The molecule has 146 valence electrons. The van der Waals surface area contributed by atoms with Gasteiger partial charge in [0.25, 0.3) is 0 Å². The maximum atomic E-state index is 12.5. The largest absolute Gasteiger partial charge is 0.373 e. The van der Waals surface area contributed by atoms with Crippen LogP contribution in [0.4, 0.5) is 0 Å². The highest BCUT2D eigenvalue weighted by Gasteiger charge is 2.29.